The van der Waals surface area contributed by atoms with Gasteiger partial charge in [-0.15, -0.1) is 6.58 Å². The van der Waals surface area contributed by atoms with Crippen LogP contribution in [0, 0.1) is 5.92 Å². The van der Waals surface area contributed by atoms with Crippen molar-refractivity contribution in [3.05, 3.63) is 12.7 Å². The van der Waals surface area contributed by atoms with Crippen LogP contribution in [0.4, 0.5) is 0 Å². The number of carbonyl (C=O) groups is 2. The number of amides is 1. The lowest BCUT2D eigenvalue weighted by molar-refractivity contribution is -0.157. The Kier molecular flexibility index (Phi) is 7.37. The van der Waals surface area contributed by atoms with Crippen LogP contribution in [-0.2, 0) is 14.3 Å². The number of ether oxygens (including phenoxy) is 1. The quantitative estimate of drug-likeness (QED) is 0.542. The van der Waals surface area contributed by atoms with Gasteiger partial charge in [0.15, 0.2) is 0 Å². The zero-order chi connectivity index (χ0) is 15.1. The minimum atomic E-state index is -0.565. The molecule has 1 amide bonds. The third-order valence-electron chi connectivity index (χ3n) is 2.32. The molecule has 0 aliphatic carbocycles. The summed E-state index contributed by atoms with van der Waals surface area (Å²) in [4.78, 5) is 23.6. The van der Waals surface area contributed by atoms with E-state index >= 15 is 0 Å². The predicted molar refractivity (Wildman–Crippen MR) is 73.5 cm³/mol. The number of rotatable bonds is 7. The number of allylic oxidation sites excluding steroid dienone is 1. The molecule has 0 bridgehead atoms. The van der Waals surface area contributed by atoms with E-state index in [-0.39, 0.29) is 25.0 Å². The lowest BCUT2D eigenvalue weighted by atomic mass is 10.00. The van der Waals surface area contributed by atoms with Crippen LogP contribution in [0.2, 0.25) is 0 Å². The minimum absolute atomic E-state index is 0.00721. The molecule has 0 rings (SSSR count). The molecule has 0 aromatic rings. The molecule has 110 valence electrons. The van der Waals surface area contributed by atoms with Crippen molar-refractivity contribution in [1.82, 2.24) is 5.32 Å². The van der Waals surface area contributed by atoms with Gasteiger partial charge >= 0.3 is 5.97 Å². The molecule has 5 heteroatoms. The Morgan fingerprint density at radius 1 is 1.42 bits per heavy atom. The summed E-state index contributed by atoms with van der Waals surface area (Å²) in [5, 5.41) is 11.5. The first-order chi connectivity index (χ1) is 8.69. The Hall–Kier alpha value is -1.36. The van der Waals surface area contributed by atoms with Gasteiger partial charge in [-0.25, -0.2) is 0 Å². The zero-order valence-electron chi connectivity index (χ0n) is 12.2. The maximum atomic E-state index is 11.9. The first-order valence-electron chi connectivity index (χ1n) is 6.43. The number of hydrogen-bond acceptors (Lipinski definition) is 4. The SMILES string of the molecule is C=CC[C@H](CC(=O)OC(C)(C)C)C(=O)N[C@@H](C)CO. The molecule has 0 heterocycles. The van der Waals surface area contributed by atoms with Crippen LogP contribution in [0.5, 0.6) is 0 Å². The monoisotopic (exact) mass is 271 g/mol. The number of aliphatic hydroxyl groups excluding tert-OH is 1. The normalized spacial score (nSPS) is 14.4. The van der Waals surface area contributed by atoms with Gasteiger partial charge in [0.05, 0.1) is 18.9 Å². The molecular weight excluding hydrogens is 246 g/mol. The maximum absolute atomic E-state index is 11.9. The summed E-state index contributed by atoms with van der Waals surface area (Å²) in [7, 11) is 0. The van der Waals surface area contributed by atoms with Gasteiger partial charge in [-0.2, -0.15) is 0 Å². The fraction of sp³-hybridized carbons (Fsp3) is 0.714. The summed E-state index contributed by atoms with van der Waals surface area (Å²) < 4.78 is 5.19. The van der Waals surface area contributed by atoms with Gasteiger partial charge in [0.25, 0.3) is 0 Å². The predicted octanol–water partition coefficient (Wildman–Crippen LogP) is 1.41. The average molecular weight is 271 g/mol. The van der Waals surface area contributed by atoms with Crippen LogP contribution in [0.15, 0.2) is 12.7 Å². The Balaban J connectivity index is 4.52. The van der Waals surface area contributed by atoms with Gasteiger partial charge in [-0.05, 0) is 34.1 Å². The molecule has 5 nitrogen and oxygen atoms in total. The lowest BCUT2D eigenvalue weighted by Gasteiger charge is -2.22. The standard InChI is InChI=1S/C14H25NO4/c1-6-7-11(13(18)15-10(2)9-16)8-12(17)19-14(3,4)5/h6,10-11,16H,1,7-9H2,2-5H3,(H,15,18)/t10-,11+/m0/s1. The number of esters is 1. The average Bonchev–Trinajstić information content (AvgIpc) is 2.25. The van der Waals surface area contributed by atoms with Crippen LogP contribution in [0.3, 0.4) is 0 Å². The summed E-state index contributed by atoms with van der Waals surface area (Å²) in [6.07, 6.45) is 1.99. The van der Waals surface area contributed by atoms with E-state index in [9.17, 15) is 9.59 Å². The molecule has 0 aliphatic rings. The van der Waals surface area contributed by atoms with Gasteiger partial charge < -0.3 is 15.2 Å². The maximum Gasteiger partial charge on any atom is 0.307 e. The summed E-state index contributed by atoms with van der Waals surface area (Å²) in [5.74, 6) is -1.19. The molecule has 2 N–H and O–H groups in total. The molecule has 0 spiro atoms. The first kappa shape index (κ1) is 17.6. The second-order valence-electron chi connectivity index (χ2n) is 5.60. The number of nitrogens with one attached hydrogen (secondary N) is 1. The summed E-state index contributed by atoms with van der Waals surface area (Å²) in [5.41, 5.74) is -0.565. The van der Waals surface area contributed by atoms with Crippen LogP contribution < -0.4 is 5.32 Å². The van der Waals surface area contributed by atoms with Crippen molar-refractivity contribution in [1.29, 1.82) is 0 Å². The Bertz CT molecular complexity index is 320. The van der Waals surface area contributed by atoms with Gasteiger partial charge in [-0.3, -0.25) is 9.59 Å². The Labute approximate surface area is 115 Å². The highest BCUT2D eigenvalue weighted by Crippen LogP contribution is 2.15. The van der Waals surface area contributed by atoms with Crippen molar-refractivity contribution in [3.8, 4) is 0 Å². The number of carbonyl (C=O) groups excluding carboxylic acids is 2. The Morgan fingerprint density at radius 2 is 2.00 bits per heavy atom. The highest BCUT2D eigenvalue weighted by atomic mass is 16.6. The van der Waals surface area contributed by atoms with Crippen LogP contribution >= 0.6 is 0 Å². The fourth-order valence-electron chi connectivity index (χ4n) is 1.47. The molecule has 0 aromatic carbocycles. The second-order valence-corrected chi connectivity index (χ2v) is 5.60. The molecule has 0 saturated heterocycles. The van der Waals surface area contributed by atoms with E-state index < -0.39 is 17.5 Å². The van der Waals surface area contributed by atoms with Crippen LogP contribution in [-0.4, -0.2) is 35.2 Å². The molecular formula is C14H25NO4. The topological polar surface area (TPSA) is 75.6 Å². The molecule has 0 saturated carbocycles. The van der Waals surface area contributed by atoms with Gasteiger partial charge in [-0.1, -0.05) is 6.08 Å². The van der Waals surface area contributed by atoms with E-state index in [0.29, 0.717) is 6.42 Å². The van der Waals surface area contributed by atoms with E-state index in [1.807, 2.05) is 0 Å². The van der Waals surface area contributed by atoms with E-state index in [2.05, 4.69) is 11.9 Å². The highest BCUT2D eigenvalue weighted by Gasteiger charge is 2.25. The van der Waals surface area contributed by atoms with E-state index in [1.165, 1.54) is 0 Å². The smallest absolute Gasteiger partial charge is 0.307 e. The van der Waals surface area contributed by atoms with Gasteiger partial charge in [0.2, 0.25) is 5.91 Å². The van der Waals surface area contributed by atoms with Crippen LogP contribution in [0.1, 0.15) is 40.5 Å². The molecule has 0 aliphatic heterocycles. The third kappa shape index (κ3) is 8.37. The molecule has 0 unspecified atom stereocenters. The molecule has 0 aromatic heterocycles. The van der Waals surface area contributed by atoms with Crippen molar-refractivity contribution >= 4 is 11.9 Å². The summed E-state index contributed by atoms with van der Waals surface area (Å²) in [6, 6.07) is -0.335. The Morgan fingerprint density at radius 3 is 2.42 bits per heavy atom. The summed E-state index contributed by atoms with van der Waals surface area (Å²) >= 11 is 0. The minimum Gasteiger partial charge on any atom is -0.460 e. The van der Waals surface area contributed by atoms with Crippen molar-refractivity contribution in [2.24, 2.45) is 5.92 Å². The molecule has 19 heavy (non-hydrogen) atoms. The van der Waals surface area contributed by atoms with Crippen molar-refractivity contribution in [3.63, 3.8) is 0 Å². The number of hydrogen-bond donors (Lipinski definition) is 2. The van der Waals surface area contributed by atoms with Crippen molar-refractivity contribution < 1.29 is 19.4 Å². The third-order valence-corrected chi connectivity index (χ3v) is 2.32. The largest absolute Gasteiger partial charge is 0.460 e. The van der Waals surface area contributed by atoms with E-state index in [0.717, 1.165) is 0 Å². The van der Waals surface area contributed by atoms with Crippen molar-refractivity contribution in [2.45, 2.75) is 52.2 Å². The second kappa shape index (κ2) is 7.94. The summed E-state index contributed by atoms with van der Waals surface area (Å²) in [6.45, 7) is 10.5. The number of aliphatic hydroxyl groups is 1. The molecule has 0 fully saturated rings. The molecule has 2 atom stereocenters. The van der Waals surface area contributed by atoms with Gasteiger partial charge in [0.1, 0.15) is 5.60 Å². The van der Waals surface area contributed by atoms with Crippen molar-refractivity contribution in [2.75, 3.05) is 6.61 Å². The lowest BCUT2D eigenvalue weighted by Crippen LogP contribution is -2.40. The van der Waals surface area contributed by atoms with E-state index in [1.54, 1.807) is 33.8 Å². The fourth-order valence-corrected chi connectivity index (χ4v) is 1.47. The van der Waals surface area contributed by atoms with Gasteiger partial charge in [0, 0.05) is 6.04 Å². The highest BCUT2D eigenvalue weighted by molar-refractivity contribution is 5.84. The van der Waals surface area contributed by atoms with E-state index in [4.69, 9.17) is 9.84 Å². The first-order valence-corrected chi connectivity index (χ1v) is 6.43. The zero-order valence-corrected chi connectivity index (χ0v) is 12.2. The van der Waals surface area contributed by atoms with Crippen LogP contribution in [0.25, 0.3) is 0 Å². The molecule has 0 radical (unpaired) electrons.